The van der Waals surface area contributed by atoms with Crippen LogP contribution in [0.15, 0.2) is 42.9 Å². The minimum atomic E-state index is -3.89. The van der Waals surface area contributed by atoms with Crippen LogP contribution in [0.5, 0.6) is 0 Å². The van der Waals surface area contributed by atoms with E-state index in [1.54, 1.807) is 12.5 Å². The average Bonchev–Trinajstić information content (AvgIpc) is 3.35. The summed E-state index contributed by atoms with van der Waals surface area (Å²) >= 11 is 7.21. The molecule has 0 radical (unpaired) electrons. The molecule has 1 saturated heterocycles. The molecule has 8 nitrogen and oxygen atoms in total. The lowest BCUT2D eigenvalue weighted by molar-refractivity contribution is -0.120. The van der Waals surface area contributed by atoms with Gasteiger partial charge in [-0.15, -0.1) is 11.3 Å². The topological polar surface area (TPSA) is 96.3 Å². The number of hydrogen-bond donors (Lipinski definition) is 2. The summed E-state index contributed by atoms with van der Waals surface area (Å²) in [5.41, 5.74) is 1.20. The molecule has 164 valence electrons. The van der Waals surface area contributed by atoms with Gasteiger partial charge < -0.3 is 9.88 Å². The van der Waals surface area contributed by atoms with E-state index in [0.717, 1.165) is 25.8 Å². The smallest absolute Gasteiger partial charge is 0.280 e. The van der Waals surface area contributed by atoms with Crippen LogP contribution in [0.2, 0.25) is 5.02 Å². The molecular formula is C19H19ClFN5O3S2. The van der Waals surface area contributed by atoms with Crippen molar-refractivity contribution in [3.63, 3.8) is 0 Å². The maximum atomic E-state index is 13.4. The highest BCUT2D eigenvalue weighted by Crippen LogP contribution is 2.36. The average molecular weight is 484 g/mol. The highest BCUT2D eigenvalue weighted by atomic mass is 35.5. The summed E-state index contributed by atoms with van der Waals surface area (Å²) in [7, 11) is -0.667. The molecular weight excluding hydrogens is 465 g/mol. The number of carbonyl (C=O) groups is 1. The maximum absolute atomic E-state index is 13.4. The maximum Gasteiger partial charge on any atom is 0.280 e. The van der Waals surface area contributed by atoms with Gasteiger partial charge in [0.15, 0.2) is 0 Å². The number of anilines is 1. The second-order valence-electron chi connectivity index (χ2n) is 7.15. The summed E-state index contributed by atoms with van der Waals surface area (Å²) in [6.07, 6.45) is 3.65. The number of rotatable bonds is 4. The standard InChI is InChI=1S/C19H19ClFN5O3S2/c1-25-10-22-9-16(25)18-6-5-17(30-18)14-8-15(26(2)31(28,29)24-14)19(27)23-11-3-4-13(21)12(20)7-11/h3-7,9-10,14-15,24H,8H2,1-2H3,(H,23,27)/t14-,15+/m0/s1. The molecule has 12 heteroatoms. The van der Waals surface area contributed by atoms with E-state index in [4.69, 9.17) is 11.6 Å². The van der Waals surface area contributed by atoms with Crippen LogP contribution in [0.3, 0.4) is 0 Å². The van der Waals surface area contributed by atoms with Crippen LogP contribution in [0.4, 0.5) is 10.1 Å². The fraction of sp³-hybridized carbons (Fsp3) is 0.263. The van der Waals surface area contributed by atoms with Crippen molar-refractivity contribution >= 4 is 44.7 Å². The predicted octanol–water partition coefficient (Wildman–Crippen LogP) is 3.16. The third kappa shape index (κ3) is 4.37. The molecule has 1 fully saturated rings. The third-order valence-electron chi connectivity index (χ3n) is 5.10. The van der Waals surface area contributed by atoms with E-state index in [-0.39, 0.29) is 17.1 Å². The largest absolute Gasteiger partial charge is 0.333 e. The van der Waals surface area contributed by atoms with Crippen molar-refractivity contribution in [3.05, 3.63) is 58.6 Å². The van der Waals surface area contributed by atoms with E-state index in [1.165, 1.54) is 30.5 Å². The van der Waals surface area contributed by atoms with Gasteiger partial charge >= 0.3 is 0 Å². The van der Waals surface area contributed by atoms with Crippen LogP contribution >= 0.6 is 22.9 Å². The van der Waals surface area contributed by atoms with Gasteiger partial charge in [0.2, 0.25) is 5.91 Å². The van der Waals surface area contributed by atoms with Crippen LogP contribution in [-0.2, 0) is 22.1 Å². The molecule has 2 aromatic heterocycles. The first-order valence-electron chi connectivity index (χ1n) is 9.23. The Bertz CT molecular complexity index is 1240. The fourth-order valence-corrected chi connectivity index (χ4v) is 6.01. The molecule has 0 aliphatic carbocycles. The molecule has 1 amide bonds. The normalized spacial score (nSPS) is 21.2. The Morgan fingerprint density at radius 3 is 2.77 bits per heavy atom. The Kier molecular flexibility index (Phi) is 5.88. The van der Waals surface area contributed by atoms with E-state index in [1.807, 2.05) is 23.7 Å². The summed E-state index contributed by atoms with van der Waals surface area (Å²) in [5.74, 6) is -1.13. The van der Waals surface area contributed by atoms with E-state index in [2.05, 4.69) is 15.0 Å². The highest BCUT2D eigenvalue weighted by Gasteiger charge is 2.41. The van der Waals surface area contributed by atoms with Crippen LogP contribution < -0.4 is 10.0 Å². The minimum absolute atomic E-state index is 0.136. The third-order valence-corrected chi connectivity index (χ3v) is 8.20. The van der Waals surface area contributed by atoms with E-state index >= 15 is 0 Å². The lowest BCUT2D eigenvalue weighted by atomic mass is 10.1. The zero-order valence-electron chi connectivity index (χ0n) is 16.5. The van der Waals surface area contributed by atoms with Gasteiger partial charge in [-0.05, 0) is 36.8 Å². The number of likely N-dealkylation sites (N-methyl/N-ethyl adjacent to an activating group) is 1. The van der Waals surface area contributed by atoms with Gasteiger partial charge in [-0.1, -0.05) is 11.6 Å². The molecule has 1 aliphatic heterocycles. The first-order chi connectivity index (χ1) is 14.7. The monoisotopic (exact) mass is 483 g/mol. The van der Waals surface area contributed by atoms with Crippen molar-refractivity contribution in [3.8, 4) is 10.6 Å². The molecule has 1 aliphatic rings. The quantitative estimate of drug-likeness (QED) is 0.595. The zero-order chi connectivity index (χ0) is 22.3. The van der Waals surface area contributed by atoms with Crippen LogP contribution in [-0.4, -0.2) is 41.3 Å². The van der Waals surface area contributed by atoms with Crippen molar-refractivity contribution in [1.82, 2.24) is 18.6 Å². The Hall–Kier alpha value is -2.31. The highest BCUT2D eigenvalue weighted by molar-refractivity contribution is 7.87. The molecule has 1 aromatic carbocycles. The Balaban J connectivity index is 1.58. The Labute approximate surface area is 187 Å². The number of aryl methyl sites for hydroxylation is 1. The lowest BCUT2D eigenvalue weighted by Gasteiger charge is -2.35. The number of benzene rings is 1. The molecule has 31 heavy (non-hydrogen) atoms. The number of nitrogens with zero attached hydrogens (tertiary/aromatic N) is 3. The van der Waals surface area contributed by atoms with Crippen molar-refractivity contribution in [2.75, 3.05) is 12.4 Å². The van der Waals surface area contributed by atoms with Crippen LogP contribution in [0.1, 0.15) is 17.3 Å². The molecule has 3 aromatic rings. The number of thiophene rings is 1. The fourth-order valence-electron chi connectivity index (χ4n) is 3.37. The number of amides is 1. The second-order valence-corrected chi connectivity index (χ2v) is 10.4. The van der Waals surface area contributed by atoms with Gasteiger partial charge in [0.05, 0.1) is 34.2 Å². The molecule has 0 spiro atoms. The number of hydrogen-bond acceptors (Lipinski definition) is 5. The molecule has 0 unspecified atom stereocenters. The zero-order valence-corrected chi connectivity index (χ0v) is 18.9. The first-order valence-corrected chi connectivity index (χ1v) is 11.9. The first kappa shape index (κ1) is 21.9. The Morgan fingerprint density at radius 2 is 2.10 bits per heavy atom. The number of aromatic nitrogens is 2. The van der Waals surface area contributed by atoms with Crippen molar-refractivity contribution in [1.29, 1.82) is 0 Å². The van der Waals surface area contributed by atoms with Gasteiger partial charge in [0.25, 0.3) is 10.2 Å². The summed E-state index contributed by atoms with van der Waals surface area (Å²) < 4.78 is 44.2. The van der Waals surface area contributed by atoms with Gasteiger partial charge in [-0.25, -0.2) is 9.37 Å². The number of nitrogens with one attached hydrogen (secondary N) is 2. The van der Waals surface area contributed by atoms with Gasteiger partial charge in [0, 0.05) is 24.7 Å². The molecule has 2 N–H and O–H groups in total. The molecule has 4 rings (SSSR count). The van der Waals surface area contributed by atoms with Gasteiger partial charge in [-0.3, -0.25) is 4.79 Å². The summed E-state index contributed by atoms with van der Waals surface area (Å²) in [4.78, 5) is 18.7. The van der Waals surface area contributed by atoms with Crippen molar-refractivity contribution in [2.45, 2.75) is 18.5 Å². The summed E-state index contributed by atoms with van der Waals surface area (Å²) in [6.45, 7) is 0. The number of carbonyl (C=O) groups excluding carboxylic acids is 1. The van der Waals surface area contributed by atoms with Gasteiger partial charge in [0.1, 0.15) is 11.9 Å². The Morgan fingerprint density at radius 1 is 1.32 bits per heavy atom. The molecule has 0 bridgehead atoms. The van der Waals surface area contributed by atoms with E-state index < -0.39 is 34.0 Å². The summed E-state index contributed by atoms with van der Waals surface area (Å²) in [5, 5.41) is 2.49. The van der Waals surface area contributed by atoms with E-state index in [9.17, 15) is 17.6 Å². The minimum Gasteiger partial charge on any atom is -0.333 e. The second kappa shape index (κ2) is 8.32. The van der Waals surface area contributed by atoms with Crippen molar-refractivity contribution < 1.29 is 17.6 Å². The molecule has 3 heterocycles. The number of imidazole rings is 1. The molecule has 0 saturated carbocycles. The summed E-state index contributed by atoms with van der Waals surface area (Å²) in [6, 6.07) is 6.00. The predicted molar refractivity (Wildman–Crippen MR) is 118 cm³/mol. The van der Waals surface area contributed by atoms with Gasteiger partial charge in [-0.2, -0.15) is 17.4 Å². The SMILES string of the molecule is CN1[C@@H](C(=O)Nc2ccc(F)c(Cl)c2)C[C@@H](c2ccc(-c3cncn3C)s2)NS1(=O)=O. The molecule has 2 atom stereocenters. The number of halogens is 2. The van der Waals surface area contributed by atoms with E-state index in [0.29, 0.717) is 0 Å². The van der Waals surface area contributed by atoms with Crippen LogP contribution in [0.25, 0.3) is 10.6 Å². The van der Waals surface area contributed by atoms with Crippen LogP contribution in [0, 0.1) is 5.82 Å². The van der Waals surface area contributed by atoms with Crippen molar-refractivity contribution in [2.24, 2.45) is 7.05 Å². The lowest BCUT2D eigenvalue weighted by Crippen LogP contribution is -2.55.